The minimum absolute atomic E-state index is 0.165. The molecule has 2 aromatic rings. The molecule has 10 nitrogen and oxygen atoms in total. The van der Waals surface area contributed by atoms with Crippen molar-refractivity contribution in [2.24, 2.45) is 0 Å². The maximum Gasteiger partial charge on any atom is 0.269 e. The summed E-state index contributed by atoms with van der Waals surface area (Å²) in [5, 5.41) is 0. The van der Waals surface area contributed by atoms with Crippen molar-refractivity contribution in [3.05, 3.63) is 53.1 Å². The average molecular weight is 484 g/mol. The Morgan fingerprint density at radius 3 is 1.74 bits per heavy atom. The second-order valence-electron chi connectivity index (χ2n) is 7.58. The second kappa shape index (κ2) is 11.9. The van der Waals surface area contributed by atoms with Gasteiger partial charge in [-0.2, -0.15) is 0 Å². The fourth-order valence-corrected chi connectivity index (χ4v) is 3.52. The smallest absolute Gasteiger partial charge is 0.269 e. The number of rotatable bonds is 10. The van der Waals surface area contributed by atoms with Gasteiger partial charge in [0, 0.05) is 24.0 Å². The molecule has 0 unspecified atom stereocenters. The lowest BCUT2D eigenvalue weighted by Crippen LogP contribution is -2.41. The fraction of sp³-hybridized carbons (Fsp3) is 0.360. The maximum atomic E-state index is 12.7. The van der Waals surface area contributed by atoms with E-state index < -0.39 is 11.8 Å². The highest BCUT2D eigenvalue weighted by atomic mass is 16.5. The molecule has 0 atom stereocenters. The van der Waals surface area contributed by atoms with Crippen molar-refractivity contribution in [1.82, 2.24) is 15.8 Å². The zero-order valence-electron chi connectivity index (χ0n) is 20.0. The van der Waals surface area contributed by atoms with E-state index in [1.807, 2.05) is 20.8 Å². The monoisotopic (exact) mass is 483 g/mol. The minimum Gasteiger partial charge on any atom is -0.490 e. The molecule has 1 fully saturated rings. The van der Waals surface area contributed by atoms with Crippen molar-refractivity contribution >= 4 is 23.6 Å². The van der Waals surface area contributed by atoms with E-state index in [-0.39, 0.29) is 36.8 Å². The van der Waals surface area contributed by atoms with Gasteiger partial charge in [0.25, 0.3) is 11.8 Å². The number of benzene rings is 2. The van der Waals surface area contributed by atoms with Gasteiger partial charge in [-0.25, -0.2) is 0 Å². The number of ether oxygens (including phenoxy) is 3. The zero-order chi connectivity index (χ0) is 25.4. The van der Waals surface area contributed by atoms with Crippen LogP contribution in [-0.4, -0.2) is 48.3 Å². The predicted octanol–water partition coefficient (Wildman–Crippen LogP) is 2.61. The Labute approximate surface area is 203 Å². The van der Waals surface area contributed by atoms with Crippen LogP contribution in [0.5, 0.6) is 17.2 Å². The van der Waals surface area contributed by atoms with Crippen molar-refractivity contribution in [3.63, 3.8) is 0 Å². The highest BCUT2D eigenvalue weighted by Gasteiger charge is 2.28. The van der Waals surface area contributed by atoms with Crippen LogP contribution >= 0.6 is 0 Å². The van der Waals surface area contributed by atoms with Gasteiger partial charge < -0.3 is 14.2 Å². The molecule has 0 saturated carbocycles. The van der Waals surface area contributed by atoms with Gasteiger partial charge in [-0.3, -0.25) is 34.9 Å². The van der Waals surface area contributed by atoms with Crippen LogP contribution in [0, 0.1) is 0 Å². The van der Waals surface area contributed by atoms with Crippen molar-refractivity contribution in [3.8, 4) is 17.2 Å². The number of hydrogen-bond donors (Lipinski definition) is 2. The lowest BCUT2D eigenvalue weighted by molar-refractivity contribution is -0.139. The van der Waals surface area contributed by atoms with Crippen LogP contribution in [0.2, 0.25) is 0 Å². The molecule has 0 aromatic heterocycles. The van der Waals surface area contributed by atoms with Crippen LogP contribution in [0.3, 0.4) is 0 Å². The molecule has 0 spiro atoms. The van der Waals surface area contributed by atoms with Gasteiger partial charge in [0.2, 0.25) is 17.6 Å². The lowest BCUT2D eigenvalue weighted by Gasteiger charge is -2.17. The summed E-state index contributed by atoms with van der Waals surface area (Å²) in [6.07, 6.45) is 0.455. The van der Waals surface area contributed by atoms with E-state index in [2.05, 4.69) is 10.9 Å². The van der Waals surface area contributed by atoms with E-state index >= 15 is 0 Å². The number of amides is 4. The van der Waals surface area contributed by atoms with E-state index in [1.54, 1.807) is 24.3 Å². The molecule has 4 amide bonds. The predicted molar refractivity (Wildman–Crippen MR) is 126 cm³/mol. The number of carbonyl (C=O) groups excluding carboxylic acids is 4. The van der Waals surface area contributed by atoms with Gasteiger partial charge in [0.15, 0.2) is 11.5 Å². The van der Waals surface area contributed by atoms with E-state index in [0.29, 0.717) is 42.6 Å². The first kappa shape index (κ1) is 25.5. The second-order valence-corrected chi connectivity index (χ2v) is 7.58. The molecule has 3 rings (SSSR count). The van der Waals surface area contributed by atoms with Crippen LogP contribution in [0.15, 0.2) is 36.4 Å². The van der Waals surface area contributed by atoms with E-state index in [1.165, 1.54) is 17.0 Å². The number of likely N-dealkylation sites (tertiary alicyclic amines) is 1. The van der Waals surface area contributed by atoms with Gasteiger partial charge in [0.05, 0.1) is 26.4 Å². The Bertz CT molecular complexity index is 1060. The van der Waals surface area contributed by atoms with Gasteiger partial charge in [-0.1, -0.05) is 12.1 Å². The molecule has 0 aliphatic carbocycles. The molecule has 1 aliphatic rings. The standard InChI is InChI=1S/C25H29N3O7/c1-4-33-19-13-18(14-20(34-5-2)23(19)35-6-3)25(32)27-26-24(31)17-9-7-16(8-10-17)15-28-21(29)11-12-22(28)30/h7-10,13-14H,4-6,11-12,15H2,1-3H3,(H,26,31)(H,27,32). The molecule has 186 valence electrons. The third-order valence-electron chi connectivity index (χ3n) is 5.17. The van der Waals surface area contributed by atoms with Crippen molar-refractivity contribution in [2.45, 2.75) is 40.2 Å². The van der Waals surface area contributed by atoms with Crippen LogP contribution < -0.4 is 25.1 Å². The largest absolute Gasteiger partial charge is 0.490 e. The summed E-state index contributed by atoms with van der Waals surface area (Å²) in [6, 6.07) is 9.47. The van der Waals surface area contributed by atoms with Crippen LogP contribution in [0.4, 0.5) is 0 Å². The molecule has 0 bridgehead atoms. The molecule has 1 aliphatic heterocycles. The van der Waals surface area contributed by atoms with Crippen molar-refractivity contribution in [2.75, 3.05) is 19.8 Å². The maximum absolute atomic E-state index is 12.7. The first-order chi connectivity index (χ1) is 16.9. The third-order valence-corrected chi connectivity index (χ3v) is 5.17. The normalized spacial score (nSPS) is 12.9. The summed E-state index contributed by atoms with van der Waals surface area (Å²) < 4.78 is 16.9. The SMILES string of the molecule is CCOc1cc(C(=O)NNC(=O)c2ccc(CN3C(=O)CCC3=O)cc2)cc(OCC)c1OCC. The van der Waals surface area contributed by atoms with Gasteiger partial charge >= 0.3 is 0 Å². The molecule has 0 radical (unpaired) electrons. The van der Waals surface area contributed by atoms with E-state index in [0.717, 1.165) is 5.56 Å². The summed E-state index contributed by atoms with van der Waals surface area (Å²) in [5.41, 5.74) is 5.99. The van der Waals surface area contributed by atoms with Gasteiger partial charge in [-0.15, -0.1) is 0 Å². The Balaban J connectivity index is 1.65. The minimum atomic E-state index is -0.564. The molecule has 2 aromatic carbocycles. The summed E-state index contributed by atoms with van der Waals surface area (Å²) in [5.74, 6) is -0.355. The molecule has 1 saturated heterocycles. The summed E-state index contributed by atoms with van der Waals surface area (Å²) >= 11 is 0. The topological polar surface area (TPSA) is 123 Å². The Hall–Kier alpha value is -4.08. The number of carbonyl (C=O) groups is 4. The number of imide groups is 1. The molecule has 1 heterocycles. The van der Waals surface area contributed by atoms with Crippen LogP contribution in [0.1, 0.15) is 59.9 Å². The molecular weight excluding hydrogens is 454 g/mol. The number of hydrazine groups is 1. The molecule has 2 N–H and O–H groups in total. The van der Waals surface area contributed by atoms with E-state index in [9.17, 15) is 19.2 Å². The Morgan fingerprint density at radius 2 is 1.26 bits per heavy atom. The molecular formula is C25H29N3O7. The van der Waals surface area contributed by atoms with Gasteiger partial charge in [-0.05, 0) is 50.6 Å². The number of nitrogens with zero attached hydrogens (tertiary/aromatic N) is 1. The fourth-order valence-electron chi connectivity index (χ4n) is 3.52. The zero-order valence-corrected chi connectivity index (χ0v) is 20.0. The summed E-state index contributed by atoms with van der Waals surface area (Å²) in [6.45, 7) is 6.75. The lowest BCUT2D eigenvalue weighted by atomic mass is 10.1. The Morgan fingerprint density at radius 1 is 0.771 bits per heavy atom. The highest BCUT2D eigenvalue weighted by Crippen LogP contribution is 2.39. The average Bonchev–Trinajstić information content (AvgIpc) is 3.17. The summed E-state index contributed by atoms with van der Waals surface area (Å²) in [4.78, 5) is 50.0. The molecule has 35 heavy (non-hydrogen) atoms. The third kappa shape index (κ3) is 6.28. The molecule has 10 heteroatoms. The van der Waals surface area contributed by atoms with Crippen LogP contribution in [0.25, 0.3) is 0 Å². The first-order valence-corrected chi connectivity index (χ1v) is 11.5. The van der Waals surface area contributed by atoms with E-state index in [4.69, 9.17) is 14.2 Å². The van der Waals surface area contributed by atoms with Gasteiger partial charge in [0.1, 0.15) is 0 Å². The number of hydrogen-bond acceptors (Lipinski definition) is 7. The first-order valence-electron chi connectivity index (χ1n) is 11.5. The number of nitrogens with one attached hydrogen (secondary N) is 2. The Kier molecular flexibility index (Phi) is 8.66. The quantitative estimate of drug-likeness (QED) is 0.393. The van der Waals surface area contributed by atoms with Crippen LogP contribution in [-0.2, 0) is 16.1 Å². The summed E-state index contributed by atoms with van der Waals surface area (Å²) in [7, 11) is 0. The van der Waals surface area contributed by atoms with Crippen molar-refractivity contribution < 1.29 is 33.4 Å². The van der Waals surface area contributed by atoms with Crippen molar-refractivity contribution in [1.29, 1.82) is 0 Å². The highest BCUT2D eigenvalue weighted by molar-refractivity contribution is 6.02.